The van der Waals surface area contributed by atoms with Gasteiger partial charge in [0, 0.05) is 18.7 Å². The lowest BCUT2D eigenvalue weighted by Gasteiger charge is -2.22. The molecule has 1 aliphatic heterocycles. The van der Waals surface area contributed by atoms with Gasteiger partial charge >= 0.3 is 0 Å². The zero-order chi connectivity index (χ0) is 16.6. The molecule has 1 saturated heterocycles. The van der Waals surface area contributed by atoms with E-state index >= 15 is 0 Å². The van der Waals surface area contributed by atoms with E-state index in [1.807, 2.05) is 54.6 Å². The van der Waals surface area contributed by atoms with Crippen LogP contribution in [0.2, 0.25) is 0 Å². The summed E-state index contributed by atoms with van der Waals surface area (Å²) in [6.45, 7) is 2.82. The van der Waals surface area contributed by atoms with Crippen molar-refractivity contribution in [3.05, 3.63) is 65.7 Å². The molecule has 126 valence electrons. The number of benzene rings is 2. The van der Waals surface area contributed by atoms with E-state index < -0.39 is 0 Å². The first-order chi connectivity index (χ1) is 11.8. The van der Waals surface area contributed by atoms with Gasteiger partial charge in [0.2, 0.25) is 5.91 Å². The Morgan fingerprint density at radius 2 is 1.92 bits per heavy atom. The van der Waals surface area contributed by atoms with Crippen molar-refractivity contribution < 1.29 is 9.53 Å². The first-order valence-electron chi connectivity index (χ1n) is 8.56. The van der Waals surface area contributed by atoms with Crippen LogP contribution in [-0.4, -0.2) is 19.0 Å². The minimum atomic E-state index is 0.0798. The number of ether oxygens (including phenoxy) is 1. The summed E-state index contributed by atoms with van der Waals surface area (Å²) in [5.41, 5.74) is 2.13. The van der Waals surface area contributed by atoms with Crippen LogP contribution < -0.4 is 15.4 Å². The number of rotatable bonds is 6. The second-order valence-electron chi connectivity index (χ2n) is 6.14. The summed E-state index contributed by atoms with van der Waals surface area (Å²) in [5.74, 6) is 1.03. The predicted octanol–water partition coefficient (Wildman–Crippen LogP) is 2.88. The monoisotopic (exact) mass is 324 g/mol. The standard InChI is InChI=1S/C20H24N2O2/c23-20(18-10-6-12-21-13-18)22-14-17-9-4-5-11-19(17)24-15-16-7-2-1-3-8-16/h1-5,7-9,11,18,21H,6,10,12-15H2,(H,22,23). The largest absolute Gasteiger partial charge is 0.489 e. The zero-order valence-electron chi connectivity index (χ0n) is 13.8. The van der Waals surface area contributed by atoms with Crippen LogP contribution in [0.25, 0.3) is 0 Å². The number of piperidine rings is 1. The molecule has 0 aliphatic carbocycles. The molecular weight excluding hydrogens is 300 g/mol. The number of para-hydroxylation sites is 1. The van der Waals surface area contributed by atoms with E-state index in [9.17, 15) is 4.79 Å². The molecule has 2 aromatic carbocycles. The molecule has 1 heterocycles. The summed E-state index contributed by atoms with van der Waals surface area (Å²) in [7, 11) is 0. The van der Waals surface area contributed by atoms with E-state index in [0.29, 0.717) is 13.2 Å². The molecule has 4 heteroatoms. The molecule has 1 atom stereocenters. The molecule has 2 N–H and O–H groups in total. The molecule has 0 saturated carbocycles. The maximum atomic E-state index is 12.3. The number of amides is 1. The van der Waals surface area contributed by atoms with Crippen molar-refractivity contribution in [2.75, 3.05) is 13.1 Å². The second kappa shape index (κ2) is 8.50. The van der Waals surface area contributed by atoms with Crippen LogP contribution in [0.5, 0.6) is 5.75 Å². The summed E-state index contributed by atoms with van der Waals surface area (Å²) in [5, 5.41) is 6.33. The van der Waals surface area contributed by atoms with Crippen LogP contribution in [0.4, 0.5) is 0 Å². The SMILES string of the molecule is O=C(NCc1ccccc1OCc1ccccc1)C1CCCNC1. The Morgan fingerprint density at radius 1 is 1.12 bits per heavy atom. The van der Waals surface area contributed by atoms with E-state index in [1.165, 1.54) is 0 Å². The second-order valence-corrected chi connectivity index (χ2v) is 6.14. The molecule has 0 spiro atoms. The normalized spacial score (nSPS) is 17.2. The predicted molar refractivity (Wildman–Crippen MR) is 94.7 cm³/mol. The van der Waals surface area contributed by atoms with E-state index in [0.717, 1.165) is 42.8 Å². The smallest absolute Gasteiger partial charge is 0.224 e. The molecule has 4 nitrogen and oxygen atoms in total. The Hall–Kier alpha value is -2.33. The Morgan fingerprint density at radius 3 is 2.71 bits per heavy atom. The Bertz CT molecular complexity index is 652. The van der Waals surface area contributed by atoms with E-state index in [-0.39, 0.29) is 11.8 Å². The highest BCUT2D eigenvalue weighted by Gasteiger charge is 2.20. The van der Waals surface area contributed by atoms with Crippen molar-refractivity contribution in [3.8, 4) is 5.75 Å². The van der Waals surface area contributed by atoms with Crippen LogP contribution in [0, 0.1) is 5.92 Å². The number of carbonyl (C=O) groups excluding carboxylic acids is 1. The molecular formula is C20H24N2O2. The van der Waals surface area contributed by atoms with Crippen LogP contribution in [0.15, 0.2) is 54.6 Å². The lowest BCUT2D eigenvalue weighted by molar-refractivity contribution is -0.125. The van der Waals surface area contributed by atoms with Gasteiger partial charge in [-0.3, -0.25) is 4.79 Å². The fourth-order valence-corrected chi connectivity index (χ4v) is 2.93. The molecule has 0 aromatic heterocycles. The van der Waals surface area contributed by atoms with Crippen LogP contribution in [0.1, 0.15) is 24.0 Å². The third-order valence-electron chi connectivity index (χ3n) is 4.33. The van der Waals surface area contributed by atoms with Crippen molar-refractivity contribution in [1.82, 2.24) is 10.6 Å². The molecule has 1 unspecified atom stereocenters. The van der Waals surface area contributed by atoms with Gasteiger partial charge in [0.05, 0.1) is 5.92 Å². The van der Waals surface area contributed by atoms with Crippen molar-refractivity contribution >= 4 is 5.91 Å². The third kappa shape index (κ3) is 4.59. The topological polar surface area (TPSA) is 50.4 Å². The average molecular weight is 324 g/mol. The molecule has 2 aromatic rings. The Labute approximate surface area is 143 Å². The number of nitrogens with one attached hydrogen (secondary N) is 2. The van der Waals surface area contributed by atoms with Crippen LogP contribution >= 0.6 is 0 Å². The highest BCUT2D eigenvalue weighted by atomic mass is 16.5. The fourth-order valence-electron chi connectivity index (χ4n) is 2.93. The van der Waals surface area contributed by atoms with E-state index in [4.69, 9.17) is 4.74 Å². The molecule has 0 radical (unpaired) electrons. The van der Waals surface area contributed by atoms with Crippen molar-refractivity contribution in [1.29, 1.82) is 0 Å². The molecule has 3 rings (SSSR count). The molecule has 1 fully saturated rings. The summed E-state index contributed by atoms with van der Waals surface area (Å²) in [6, 6.07) is 18.0. The molecule has 1 amide bonds. The minimum absolute atomic E-state index is 0.0798. The zero-order valence-corrected chi connectivity index (χ0v) is 13.8. The van der Waals surface area contributed by atoms with Gasteiger partial charge in [-0.25, -0.2) is 0 Å². The summed E-state index contributed by atoms with van der Waals surface area (Å²) in [6.07, 6.45) is 2.03. The van der Waals surface area contributed by atoms with Gasteiger partial charge in [-0.1, -0.05) is 48.5 Å². The molecule has 0 bridgehead atoms. The summed E-state index contributed by atoms with van der Waals surface area (Å²) in [4.78, 5) is 12.3. The maximum absolute atomic E-state index is 12.3. The highest BCUT2D eigenvalue weighted by Crippen LogP contribution is 2.20. The van der Waals surface area contributed by atoms with Crippen LogP contribution in [-0.2, 0) is 17.9 Å². The highest BCUT2D eigenvalue weighted by molar-refractivity contribution is 5.79. The Balaban J connectivity index is 1.56. The Kier molecular flexibility index (Phi) is 5.85. The first kappa shape index (κ1) is 16.5. The third-order valence-corrected chi connectivity index (χ3v) is 4.33. The van der Waals surface area contributed by atoms with Gasteiger partial charge in [0.15, 0.2) is 0 Å². The number of carbonyl (C=O) groups is 1. The van der Waals surface area contributed by atoms with Gasteiger partial charge < -0.3 is 15.4 Å². The first-order valence-corrected chi connectivity index (χ1v) is 8.56. The van der Waals surface area contributed by atoms with Gasteiger partial charge in [-0.2, -0.15) is 0 Å². The van der Waals surface area contributed by atoms with Crippen molar-refractivity contribution in [2.24, 2.45) is 5.92 Å². The van der Waals surface area contributed by atoms with Crippen LogP contribution in [0.3, 0.4) is 0 Å². The van der Waals surface area contributed by atoms with Gasteiger partial charge in [0.25, 0.3) is 0 Å². The molecule has 1 aliphatic rings. The summed E-state index contributed by atoms with van der Waals surface area (Å²) < 4.78 is 5.94. The number of hydrogen-bond donors (Lipinski definition) is 2. The van der Waals surface area contributed by atoms with Gasteiger partial charge in [-0.15, -0.1) is 0 Å². The lowest BCUT2D eigenvalue weighted by Crippen LogP contribution is -2.40. The fraction of sp³-hybridized carbons (Fsp3) is 0.350. The quantitative estimate of drug-likeness (QED) is 0.859. The maximum Gasteiger partial charge on any atom is 0.224 e. The van der Waals surface area contributed by atoms with Crippen molar-refractivity contribution in [2.45, 2.75) is 26.0 Å². The van der Waals surface area contributed by atoms with Gasteiger partial charge in [-0.05, 0) is 31.0 Å². The molecule has 24 heavy (non-hydrogen) atoms. The van der Waals surface area contributed by atoms with Crippen molar-refractivity contribution in [3.63, 3.8) is 0 Å². The average Bonchev–Trinajstić information content (AvgIpc) is 2.66. The number of hydrogen-bond acceptors (Lipinski definition) is 3. The van der Waals surface area contributed by atoms with E-state index in [2.05, 4.69) is 10.6 Å². The lowest BCUT2D eigenvalue weighted by atomic mass is 9.99. The summed E-state index contributed by atoms with van der Waals surface area (Å²) >= 11 is 0. The minimum Gasteiger partial charge on any atom is -0.489 e. The van der Waals surface area contributed by atoms with E-state index in [1.54, 1.807) is 0 Å². The van der Waals surface area contributed by atoms with Gasteiger partial charge in [0.1, 0.15) is 12.4 Å².